The highest BCUT2D eigenvalue weighted by atomic mass is 35.5. The van der Waals surface area contributed by atoms with E-state index in [1.807, 2.05) is 36.4 Å². The third-order valence-electron chi connectivity index (χ3n) is 3.51. The molecular formula is C16H15ClN4O2. The van der Waals surface area contributed by atoms with E-state index < -0.39 is 0 Å². The van der Waals surface area contributed by atoms with E-state index in [1.165, 1.54) is 0 Å². The average Bonchev–Trinajstić information content (AvgIpc) is 3.02. The number of benzene rings is 1. The molecule has 0 aliphatic carbocycles. The van der Waals surface area contributed by atoms with Gasteiger partial charge in [0, 0.05) is 36.6 Å². The number of hydrogen-bond donors (Lipinski definition) is 1. The van der Waals surface area contributed by atoms with Crippen molar-refractivity contribution in [2.45, 2.75) is 6.10 Å². The summed E-state index contributed by atoms with van der Waals surface area (Å²) in [6.45, 7) is 1.81. The fourth-order valence-electron chi connectivity index (χ4n) is 2.17. The number of nitrogens with one attached hydrogen (secondary N) is 1. The second-order valence-electron chi connectivity index (χ2n) is 5.08. The molecule has 6 nitrogen and oxygen atoms in total. The van der Waals surface area contributed by atoms with Crippen LogP contribution in [0.4, 0.5) is 0 Å². The lowest BCUT2D eigenvalue weighted by atomic mass is 10.2. The van der Waals surface area contributed by atoms with Gasteiger partial charge in [0.1, 0.15) is 11.9 Å². The Morgan fingerprint density at radius 1 is 1.00 bits per heavy atom. The highest BCUT2D eigenvalue weighted by Crippen LogP contribution is 2.24. The molecule has 7 heteroatoms. The average molecular weight is 331 g/mol. The first-order chi connectivity index (χ1) is 10.9. The number of nitrogens with zero attached hydrogens (tertiary/aromatic N) is 3. The fraction of sp³-hybridized carbons (Fsp3) is 0.188. The third kappa shape index (κ3) is 3.33. The molecule has 3 aromatic rings. The molecule has 1 aromatic carbocycles. The molecule has 0 amide bonds. The molecule has 0 radical (unpaired) electrons. The van der Waals surface area contributed by atoms with E-state index in [0.29, 0.717) is 11.7 Å². The lowest BCUT2D eigenvalue weighted by Gasteiger charge is -2.27. The zero-order valence-corrected chi connectivity index (χ0v) is 13.0. The maximum Gasteiger partial charge on any atom is 0.258 e. The molecule has 2 aromatic heterocycles. The highest BCUT2D eigenvalue weighted by Gasteiger charge is 2.18. The van der Waals surface area contributed by atoms with E-state index in [-0.39, 0.29) is 18.5 Å². The molecule has 118 valence electrons. The van der Waals surface area contributed by atoms with Gasteiger partial charge < -0.3 is 14.6 Å². The predicted molar refractivity (Wildman–Crippen MR) is 87.5 cm³/mol. The normalized spacial score (nSPS) is 13.9. The van der Waals surface area contributed by atoms with E-state index >= 15 is 0 Å². The predicted octanol–water partition coefficient (Wildman–Crippen LogP) is 2.57. The summed E-state index contributed by atoms with van der Waals surface area (Å²) in [7, 11) is 0. The molecule has 0 bridgehead atoms. The van der Waals surface area contributed by atoms with Crippen LogP contribution < -0.4 is 10.1 Å². The quantitative estimate of drug-likeness (QED) is 0.792. The Morgan fingerprint density at radius 2 is 1.74 bits per heavy atom. The van der Waals surface area contributed by atoms with Gasteiger partial charge in [-0.3, -0.25) is 4.98 Å². The van der Waals surface area contributed by atoms with Gasteiger partial charge in [0.15, 0.2) is 0 Å². The number of ether oxygens (including phenoxy) is 1. The van der Waals surface area contributed by atoms with Crippen LogP contribution in [0.2, 0.25) is 0 Å². The molecule has 1 fully saturated rings. The lowest BCUT2D eigenvalue weighted by molar-refractivity contribution is 0.142. The second-order valence-corrected chi connectivity index (χ2v) is 5.08. The van der Waals surface area contributed by atoms with E-state index in [1.54, 1.807) is 12.4 Å². The SMILES string of the molecule is Cl.c1cc(-c2nc(-c3ccc(OC4CNC4)cc3)no2)ccn1. The van der Waals surface area contributed by atoms with E-state index in [0.717, 1.165) is 30.0 Å². The van der Waals surface area contributed by atoms with Crippen LogP contribution in [0, 0.1) is 0 Å². The molecule has 1 N–H and O–H groups in total. The van der Waals surface area contributed by atoms with Crippen molar-refractivity contribution in [1.82, 2.24) is 20.4 Å². The van der Waals surface area contributed by atoms with Crippen LogP contribution in [0.3, 0.4) is 0 Å². The third-order valence-corrected chi connectivity index (χ3v) is 3.51. The summed E-state index contributed by atoms with van der Waals surface area (Å²) < 4.78 is 11.1. The van der Waals surface area contributed by atoms with Gasteiger partial charge in [-0.2, -0.15) is 4.98 Å². The number of halogens is 1. The lowest BCUT2D eigenvalue weighted by Crippen LogP contribution is -2.50. The summed E-state index contributed by atoms with van der Waals surface area (Å²) in [6.07, 6.45) is 3.66. The van der Waals surface area contributed by atoms with Crippen molar-refractivity contribution in [3.05, 3.63) is 48.8 Å². The first-order valence-corrected chi connectivity index (χ1v) is 7.10. The molecule has 23 heavy (non-hydrogen) atoms. The summed E-state index contributed by atoms with van der Waals surface area (Å²) in [4.78, 5) is 8.38. The van der Waals surface area contributed by atoms with Crippen molar-refractivity contribution in [3.63, 3.8) is 0 Å². The van der Waals surface area contributed by atoms with Gasteiger partial charge in [-0.15, -0.1) is 12.4 Å². The number of pyridine rings is 1. The van der Waals surface area contributed by atoms with Crippen LogP contribution in [-0.2, 0) is 0 Å². The van der Waals surface area contributed by atoms with Gasteiger partial charge in [0.2, 0.25) is 5.82 Å². The maximum atomic E-state index is 5.78. The van der Waals surface area contributed by atoms with Gasteiger partial charge >= 0.3 is 0 Å². The van der Waals surface area contributed by atoms with Crippen LogP contribution in [0.1, 0.15) is 0 Å². The minimum absolute atomic E-state index is 0. The van der Waals surface area contributed by atoms with Crippen LogP contribution in [0.25, 0.3) is 22.8 Å². The summed E-state index contributed by atoms with van der Waals surface area (Å²) in [5.41, 5.74) is 1.74. The minimum Gasteiger partial charge on any atom is -0.488 e. The fourth-order valence-corrected chi connectivity index (χ4v) is 2.17. The minimum atomic E-state index is 0. The zero-order valence-electron chi connectivity index (χ0n) is 12.2. The standard InChI is InChI=1S/C16H14N4O2.ClH/c1-3-13(21-14-9-18-10-14)4-2-11(1)15-19-16(22-20-15)12-5-7-17-8-6-12;/h1-8,14,18H,9-10H2;1H. The molecule has 1 saturated heterocycles. The first-order valence-electron chi connectivity index (χ1n) is 7.10. The Hall–Kier alpha value is -2.44. The highest BCUT2D eigenvalue weighted by molar-refractivity contribution is 5.85. The Kier molecular flexibility index (Phi) is 4.55. The smallest absolute Gasteiger partial charge is 0.258 e. The van der Waals surface area contributed by atoms with Crippen molar-refractivity contribution < 1.29 is 9.26 Å². The molecule has 0 atom stereocenters. The van der Waals surface area contributed by atoms with Crippen LogP contribution >= 0.6 is 12.4 Å². The Labute approximate surface area is 139 Å². The zero-order chi connectivity index (χ0) is 14.8. The second kappa shape index (κ2) is 6.76. The number of hydrogen-bond acceptors (Lipinski definition) is 6. The number of aromatic nitrogens is 3. The van der Waals surface area contributed by atoms with Gasteiger partial charge in [-0.05, 0) is 36.4 Å². The van der Waals surface area contributed by atoms with Crippen molar-refractivity contribution >= 4 is 12.4 Å². The van der Waals surface area contributed by atoms with Gasteiger partial charge in [0.05, 0.1) is 0 Å². The van der Waals surface area contributed by atoms with Gasteiger partial charge in [0.25, 0.3) is 5.89 Å². The molecule has 1 aliphatic heterocycles. The Morgan fingerprint density at radius 3 is 2.39 bits per heavy atom. The Bertz CT molecular complexity index is 757. The topological polar surface area (TPSA) is 73.1 Å². The molecular weight excluding hydrogens is 316 g/mol. The van der Waals surface area contributed by atoms with E-state index in [9.17, 15) is 0 Å². The molecule has 1 aliphatic rings. The van der Waals surface area contributed by atoms with Crippen LogP contribution in [0.5, 0.6) is 5.75 Å². The van der Waals surface area contributed by atoms with Crippen LogP contribution in [-0.4, -0.2) is 34.3 Å². The molecule has 0 saturated carbocycles. The first kappa shape index (κ1) is 15.5. The van der Waals surface area contributed by atoms with Crippen molar-refractivity contribution in [1.29, 1.82) is 0 Å². The van der Waals surface area contributed by atoms with Gasteiger partial charge in [-0.25, -0.2) is 0 Å². The summed E-state index contributed by atoms with van der Waals surface area (Å²) in [5, 5.41) is 7.20. The van der Waals surface area contributed by atoms with Crippen molar-refractivity contribution in [2.24, 2.45) is 0 Å². The van der Waals surface area contributed by atoms with Crippen LogP contribution in [0.15, 0.2) is 53.3 Å². The molecule has 4 rings (SSSR count). The largest absolute Gasteiger partial charge is 0.488 e. The molecule has 0 spiro atoms. The molecule has 0 unspecified atom stereocenters. The van der Waals surface area contributed by atoms with Crippen molar-refractivity contribution in [2.75, 3.05) is 13.1 Å². The van der Waals surface area contributed by atoms with E-state index in [2.05, 4.69) is 20.4 Å². The summed E-state index contributed by atoms with van der Waals surface area (Å²) >= 11 is 0. The van der Waals surface area contributed by atoms with E-state index in [4.69, 9.17) is 9.26 Å². The monoisotopic (exact) mass is 330 g/mol. The summed E-state index contributed by atoms with van der Waals surface area (Å²) in [6, 6.07) is 11.4. The summed E-state index contributed by atoms with van der Waals surface area (Å²) in [5.74, 6) is 1.90. The number of rotatable bonds is 4. The molecule has 3 heterocycles. The maximum absolute atomic E-state index is 5.78. The van der Waals surface area contributed by atoms with Gasteiger partial charge in [-0.1, -0.05) is 5.16 Å². The Balaban J connectivity index is 0.00000156. The van der Waals surface area contributed by atoms with Crippen molar-refractivity contribution in [3.8, 4) is 28.6 Å².